The fourth-order valence-electron chi connectivity index (χ4n) is 3.66. The van der Waals surface area contributed by atoms with Crippen LogP contribution in [0.2, 0.25) is 0 Å². The molecule has 2 aromatic heterocycles. The molecule has 146 valence electrons. The standard InChI is InChI=1S/C22H27N5S/c23-22(20-7-4-14-28-20)26-18-10-8-16(9-11-18)19-15-25-21(27-19)12-13-24-17-5-2-1-3-6-17/h4,7-11,14-15,17,24H,1-3,5-6,12-13H2,(H2,23,26)(H,25,27). The van der Waals surface area contributed by atoms with Gasteiger partial charge in [0.1, 0.15) is 11.7 Å². The van der Waals surface area contributed by atoms with Crippen molar-refractivity contribution < 1.29 is 0 Å². The second kappa shape index (κ2) is 9.17. The SMILES string of the molecule is N/C(=N\c1ccc(-c2c[nH]c(CCNC3CCCCC3)n2)cc1)c1cccs1. The fraction of sp³-hybridized carbons (Fsp3) is 0.364. The average Bonchev–Trinajstić information content (AvgIpc) is 3.42. The Bertz CT molecular complexity index is 889. The summed E-state index contributed by atoms with van der Waals surface area (Å²) in [5.41, 5.74) is 8.96. The first-order valence-electron chi connectivity index (χ1n) is 10.0. The number of amidine groups is 1. The molecule has 0 bridgehead atoms. The molecular formula is C22H27N5S. The fourth-order valence-corrected chi connectivity index (χ4v) is 4.29. The first kappa shape index (κ1) is 18.9. The number of hydrogen-bond acceptors (Lipinski definition) is 4. The molecule has 0 aliphatic heterocycles. The van der Waals surface area contributed by atoms with Crippen LogP contribution >= 0.6 is 11.3 Å². The van der Waals surface area contributed by atoms with Crippen LogP contribution in [0.1, 0.15) is 42.8 Å². The van der Waals surface area contributed by atoms with E-state index in [1.807, 2.05) is 48.0 Å². The summed E-state index contributed by atoms with van der Waals surface area (Å²) < 4.78 is 0. The van der Waals surface area contributed by atoms with Gasteiger partial charge in [0.2, 0.25) is 0 Å². The molecule has 0 saturated heterocycles. The molecular weight excluding hydrogens is 366 g/mol. The van der Waals surface area contributed by atoms with E-state index in [9.17, 15) is 0 Å². The van der Waals surface area contributed by atoms with Gasteiger partial charge in [0.05, 0.1) is 16.3 Å². The number of thiophene rings is 1. The summed E-state index contributed by atoms with van der Waals surface area (Å²) in [6.07, 6.45) is 9.66. The lowest BCUT2D eigenvalue weighted by molar-refractivity contribution is 0.375. The molecule has 0 amide bonds. The Labute approximate surface area is 170 Å². The van der Waals surface area contributed by atoms with Gasteiger partial charge >= 0.3 is 0 Å². The molecule has 0 atom stereocenters. The molecule has 6 heteroatoms. The molecule has 4 rings (SSSR count). The lowest BCUT2D eigenvalue weighted by Crippen LogP contribution is -2.32. The second-order valence-corrected chi connectivity index (χ2v) is 8.24. The van der Waals surface area contributed by atoms with Gasteiger partial charge in [0, 0.05) is 30.8 Å². The van der Waals surface area contributed by atoms with Crippen LogP contribution in [0.5, 0.6) is 0 Å². The average molecular weight is 394 g/mol. The Balaban J connectivity index is 1.34. The zero-order chi connectivity index (χ0) is 19.2. The van der Waals surface area contributed by atoms with Crippen LogP contribution in [0.15, 0.2) is 53.0 Å². The highest BCUT2D eigenvalue weighted by Gasteiger charge is 2.12. The zero-order valence-corrected chi connectivity index (χ0v) is 16.8. The van der Waals surface area contributed by atoms with Gasteiger partial charge in [-0.3, -0.25) is 0 Å². The van der Waals surface area contributed by atoms with Gasteiger partial charge in [-0.05, 0) is 36.4 Å². The number of hydrogen-bond donors (Lipinski definition) is 3. The van der Waals surface area contributed by atoms with E-state index >= 15 is 0 Å². The summed E-state index contributed by atoms with van der Waals surface area (Å²) in [6, 6.07) is 12.7. The van der Waals surface area contributed by atoms with Crippen LogP contribution in [0.4, 0.5) is 5.69 Å². The third kappa shape index (κ3) is 4.88. The minimum absolute atomic E-state index is 0.551. The molecule has 0 spiro atoms. The van der Waals surface area contributed by atoms with Crippen molar-refractivity contribution in [1.82, 2.24) is 15.3 Å². The molecule has 1 saturated carbocycles. The van der Waals surface area contributed by atoms with Crippen molar-refractivity contribution in [2.45, 2.75) is 44.6 Å². The van der Waals surface area contributed by atoms with Gasteiger partial charge in [-0.2, -0.15) is 0 Å². The van der Waals surface area contributed by atoms with Gasteiger partial charge < -0.3 is 16.0 Å². The normalized spacial score (nSPS) is 15.8. The summed E-state index contributed by atoms with van der Waals surface area (Å²) in [6.45, 7) is 0.979. The smallest absolute Gasteiger partial charge is 0.141 e. The summed E-state index contributed by atoms with van der Waals surface area (Å²) in [5.74, 6) is 1.58. The molecule has 1 aliphatic rings. The zero-order valence-electron chi connectivity index (χ0n) is 16.0. The van der Waals surface area contributed by atoms with Gasteiger partial charge in [-0.25, -0.2) is 9.98 Å². The van der Waals surface area contributed by atoms with Crippen molar-refractivity contribution in [3.63, 3.8) is 0 Å². The number of rotatable bonds is 7. The molecule has 28 heavy (non-hydrogen) atoms. The van der Waals surface area contributed by atoms with Gasteiger partial charge in [-0.15, -0.1) is 11.3 Å². The summed E-state index contributed by atoms with van der Waals surface area (Å²) in [5, 5.41) is 5.67. The molecule has 5 nitrogen and oxygen atoms in total. The van der Waals surface area contributed by atoms with Crippen LogP contribution < -0.4 is 11.1 Å². The largest absolute Gasteiger partial charge is 0.383 e. The van der Waals surface area contributed by atoms with Crippen LogP contribution in [0.3, 0.4) is 0 Å². The number of nitrogens with zero attached hydrogens (tertiary/aromatic N) is 2. The van der Waals surface area contributed by atoms with Crippen LogP contribution in [-0.2, 0) is 6.42 Å². The summed E-state index contributed by atoms with van der Waals surface area (Å²) >= 11 is 1.59. The molecule has 4 N–H and O–H groups in total. The van der Waals surface area contributed by atoms with E-state index in [0.717, 1.165) is 40.6 Å². The Kier molecular flexibility index (Phi) is 6.19. The van der Waals surface area contributed by atoms with E-state index < -0.39 is 0 Å². The maximum Gasteiger partial charge on any atom is 0.141 e. The van der Waals surface area contributed by atoms with E-state index in [-0.39, 0.29) is 0 Å². The number of imidazole rings is 1. The number of nitrogens with one attached hydrogen (secondary N) is 2. The highest BCUT2D eigenvalue weighted by atomic mass is 32.1. The Hall–Kier alpha value is -2.44. The number of benzene rings is 1. The Morgan fingerprint density at radius 3 is 2.75 bits per heavy atom. The van der Waals surface area contributed by atoms with Crippen LogP contribution in [-0.4, -0.2) is 28.4 Å². The molecule has 1 aromatic carbocycles. The molecule has 1 fully saturated rings. The van der Waals surface area contributed by atoms with E-state index in [1.165, 1.54) is 32.1 Å². The molecule has 1 aliphatic carbocycles. The van der Waals surface area contributed by atoms with Crippen LogP contribution in [0, 0.1) is 0 Å². The third-order valence-corrected chi connectivity index (χ3v) is 6.11. The van der Waals surface area contributed by atoms with E-state index in [1.54, 1.807) is 11.3 Å². The highest BCUT2D eigenvalue weighted by Crippen LogP contribution is 2.22. The first-order chi connectivity index (χ1) is 13.8. The predicted octanol–water partition coefficient (Wildman–Crippen LogP) is 4.64. The number of aliphatic imine (C=N–C) groups is 1. The monoisotopic (exact) mass is 393 g/mol. The highest BCUT2D eigenvalue weighted by molar-refractivity contribution is 7.12. The van der Waals surface area contributed by atoms with Crippen molar-refractivity contribution in [3.8, 4) is 11.3 Å². The number of aromatic nitrogens is 2. The lowest BCUT2D eigenvalue weighted by Gasteiger charge is -2.22. The summed E-state index contributed by atoms with van der Waals surface area (Å²) in [4.78, 5) is 13.5. The van der Waals surface area contributed by atoms with Gasteiger partial charge in [-0.1, -0.05) is 37.5 Å². The number of H-pyrrole nitrogens is 1. The number of nitrogens with two attached hydrogens (primary N) is 1. The quantitative estimate of drug-likeness (QED) is 0.404. The summed E-state index contributed by atoms with van der Waals surface area (Å²) in [7, 11) is 0. The van der Waals surface area contributed by atoms with E-state index in [4.69, 9.17) is 10.7 Å². The molecule has 0 radical (unpaired) electrons. The van der Waals surface area contributed by atoms with E-state index in [2.05, 4.69) is 15.3 Å². The Morgan fingerprint density at radius 2 is 2.00 bits per heavy atom. The third-order valence-electron chi connectivity index (χ3n) is 5.22. The second-order valence-electron chi connectivity index (χ2n) is 7.29. The first-order valence-corrected chi connectivity index (χ1v) is 10.9. The van der Waals surface area contributed by atoms with Crippen LogP contribution in [0.25, 0.3) is 11.3 Å². The minimum Gasteiger partial charge on any atom is -0.383 e. The number of aromatic amines is 1. The van der Waals surface area contributed by atoms with Crippen molar-refractivity contribution in [2.75, 3.05) is 6.54 Å². The maximum atomic E-state index is 6.06. The van der Waals surface area contributed by atoms with Crippen molar-refractivity contribution >= 4 is 22.9 Å². The van der Waals surface area contributed by atoms with Crippen molar-refractivity contribution in [1.29, 1.82) is 0 Å². The van der Waals surface area contributed by atoms with Gasteiger partial charge in [0.25, 0.3) is 0 Å². The predicted molar refractivity (Wildman–Crippen MR) is 117 cm³/mol. The Morgan fingerprint density at radius 1 is 1.18 bits per heavy atom. The van der Waals surface area contributed by atoms with Crippen molar-refractivity contribution in [3.05, 3.63) is 58.7 Å². The van der Waals surface area contributed by atoms with Gasteiger partial charge in [0.15, 0.2) is 0 Å². The van der Waals surface area contributed by atoms with Crippen molar-refractivity contribution in [2.24, 2.45) is 10.7 Å². The maximum absolute atomic E-state index is 6.06. The minimum atomic E-state index is 0.551. The topological polar surface area (TPSA) is 79.1 Å². The molecule has 0 unspecified atom stereocenters. The molecule has 2 heterocycles. The van der Waals surface area contributed by atoms with E-state index in [0.29, 0.717) is 11.9 Å². The molecule has 3 aromatic rings. The lowest BCUT2D eigenvalue weighted by atomic mass is 9.95.